The van der Waals surface area contributed by atoms with Crippen LogP contribution in [-0.4, -0.2) is 6.61 Å². The minimum Gasteiger partial charge on any atom is -0.494 e. The maximum absolute atomic E-state index is 14.2. The van der Waals surface area contributed by atoms with E-state index in [-0.39, 0.29) is 23.2 Å². The lowest BCUT2D eigenvalue weighted by atomic mass is 9.91. The number of hydrogen-bond donors (Lipinski definition) is 0. The first-order valence-electron chi connectivity index (χ1n) is 9.74. The first-order chi connectivity index (χ1) is 13.2. The Labute approximate surface area is 167 Å². The van der Waals surface area contributed by atoms with E-state index in [0.29, 0.717) is 24.2 Å². The first kappa shape index (κ1) is 23.8. The first-order valence-corrected chi connectivity index (χ1v) is 9.74. The van der Waals surface area contributed by atoms with Crippen molar-refractivity contribution in [3.05, 3.63) is 77.4 Å². The molecule has 28 heavy (non-hydrogen) atoms. The normalized spacial score (nSPS) is 14.2. The van der Waals surface area contributed by atoms with Gasteiger partial charge in [0.2, 0.25) is 0 Å². The summed E-state index contributed by atoms with van der Waals surface area (Å²) in [6.45, 7) is 15.4. The zero-order valence-electron chi connectivity index (χ0n) is 17.3. The molecule has 1 aromatic carbocycles. The molecule has 0 radical (unpaired) electrons. The Kier molecular flexibility index (Phi) is 9.84. The molecule has 0 heterocycles. The molecule has 1 nitrogen and oxygen atoms in total. The third-order valence-corrected chi connectivity index (χ3v) is 4.75. The Balaban J connectivity index is 2.63. The average molecular weight is 393 g/mol. The average Bonchev–Trinajstić information content (AvgIpc) is 2.66. The number of halogens is 3. The standard InChI is InChI=1S/C24H31F3O/c1-7-20-13-14-21(24(27)23(20)26)12-10-16(3)9-11-17(4)19(6)22(25)15-18(5)28-8-2/h10,12-17H,5-9,11H2,1-4H3/b12-10+,22-15+. The summed E-state index contributed by atoms with van der Waals surface area (Å²) in [6, 6.07) is 3.20. The molecule has 0 aliphatic rings. The second-order valence-corrected chi connectivity index (χ2v) is 7.03. The highest BCUT2D eigenvalue weighted by molar-refractivity contribution is 5.51. The van der Waals surface area contributed by atoms with Crippen molar-refractivity contribution in [2.45, 2.75) is 47.0 Å². The van der Waals surface area contributed by atoms with Gasteiger partial charge in [0.05, 0.1) is 6.61 Å². The summed E-state index contributed by atoms with van der Waals surface area (Å²) >= 11 is 0. The summed E-state index contributed by atoms with van der Waals surface area (Å²) in [5, 5.41) is 0. The topological polar surface area (TPSA) is 9.23 Å². The lowest BCUT2D eigenvalue weighted by molar-refractivity contribution is 0.243. The van der Waals surface area contributed by atoms with Crippen molar-refractivity contribution in [2.75, 3.05) is 6.61 Å². The molecule has 0 N–H and O–H groups in total. The molecule has 154 valence electrons. The van der Waals surface area contributed by atoms with E-state index in [1.165, 1.54) is 6.08 Å². The van der Waals surface area contributed by atoms with Gasteiger partial charge in [0, 0.05) is 11.6 Å². The molecular weight excluding hydrogens is 361 g/mol. The molecule has 0 amide bonds. The third-order valence-electron chi connectivity index (χ3n) is 4.75. The van der Waals surface area contributed by atoms with E-state index in [9.17, 15) is 13.2 Å². The quantitative estimate of drug-likeness (QED) is 0.279. The summed E-state index contributed by atoms with van der Waals surface area (Å²) in [4.78, 5) is 0. The molecular formula is C24H31F3O. The van der Waals surface area contributed by atoms with Crippen molar-refractivity contribution in [3.63, 3.8) is 0 Å². The van der Waals surface area contributed by atoms with Crippen LogP contribution in [0.3, 0.4) is 0 Å². The van der Waals surface area contributed by atoms with Crippen LogP contribution < -0.4 is 0 Å². The van der Waals surface area contributed by atoms with E-state index in [2.05, 4.69) is 13.2 Å². The molecule has 0 aliphatic heterocycles. The summed E-state index contributed by atoms with van der Waals surface area (Å²) < 4.78 is 47.3. The monoisotopic (exact) mass is 392 g/mol. The molecule has 0 bridgehead atoms. The van der Waals surface area contributed by atoms with Crippen molar-refractivity contribution in [1.29, 1.82) is 0 Å². The lowest BCUT2D eigenvalue weighted by Crippen LogP contribution is -2.03. The van der Waals surface area contributed by atoms with Crippen LogP contribution >= 0.6 is 0 Å². The van der Waals surface area contributed by atoms with Crippen LogP contribution in [0.15, 0.2) is 54.6 Å². The predicted molar refractivity (Wildman–Crippen MR) is 111 cm³/mol. The van der Waals surface area contributed by atoms with Gasteiger partial charge in [-0.1, -0.05) is 58.2 Å². The van der Waals surface area contributed by atoms with Crippen molar-refractivity contribution >= 4 is 6.08 Å². The van der Waals surface area contributed by atoms with Crippen LogP contribution in [0.2, 0.25) is 0 Å². The maximum atomic E-state index is 14.2. The number of rotatable bonds is 11. The summed E-state index contributed by atoms with van der Waals surface area (Å²) in [7, 11) is 0. The van der Waals surface area contributed by atoms with Crippen molar-refractivity contribution in [1.82, 2.24) is 0 Å². The molecule has 2 unspecified atom stereocenters. The van der Waals surface area contributed by atoms with Crippen LogP contribution in [0.4, 0.5) is 13.2 Å². The van der Waals surface area contributed by atoms with Crippen LogP contribution in [0.25, 0.3) is 6.08 Å². The Hall–Kier alpha value is -2.23. The number of hydrogen-bond acceptors (Lipinski definition) is 1. The van der Waals surface area contributed by atoms with Gasteiger partial charge in [0.1, 0.15) is 11.6 Å². The zero-order chi connectivity index (χ0) is 21.3. The minimum absolute atomic E-state index is 0.0560. The molecule has 0 aromatic heterocycles. The van der Waals surface area contributed by atoms with Crippen LogP contribution in [0.5, 0.6) is 0 Å². The number of aryl methyl sites for hydroxylation is 1. The van der Waals surface area contributed by atoms with Crippen LogP contribution in [0, 0.1) is 23.5 Å². The Morgan fingerprint density at radius 1 is 1.11 bits per heavy atom. The van der Waals surface area contributed by atoms with E-state index in [1.807, 2.05) is 26.8 Å². The van der Waals surface area contributed by atoms with E-state index in [0.717, 1.165) is 12.8 Å². The molecule has 1 aromatic rings. The van der Waals surface area contributed by atoms with E-state index >= 15 is 0 Å². The van der Waals surface area contributed by atoms with Crippen LogP contribution in [0.1, 0.15) is 51.7 Å². The van der Waals surface area contributed by atoms with Gasteiger partial charge >= 0.3 is 0 Å². The highest BCUT2D eigenvalue weighted by Crippen LogP contribution is 2.26. The largest absolute Gasteiger partial charge is 0.494 e. The fraction of sp³-hybridized carbons (Fsp3) is 0.417. The third kappa shape index (κ3) is 7.06. The van der Waals surface area contributed by atoms with E-state index in [4.69, 9.17) is 4.74 Å². The van der Waals surface area contributed by atoms with E-state index < -0.39 is 17.5 Å². The SMILES string of the molecule is C=C(/C=C(/F)C(=C)C(C)CCC(C)/C=C/c1ccc(CC)c(F)c1F)OCC. The fourth-order valence-corrected chi connectivity index (χ4v) is 2.75. The van der Waals surface area contributed by atoms with Crippen LogP contribution in [-0.2, 0) is 11.2 Å². The second-order valence-electron chi connectivity index (χ2n) is 7.03. The smallest absolute Gasteiger partial charge is 0.166 e. The minimum atomic E-state index is -0.814. The van der Waals surface area contributed by atoms with Gasteiger partial charge in [0.15, 0.2) is 11.6 Å². The Morgan fingerprint density at radius 2 is 1.79 bits per heavy atom. The Bertz CT molecular complexity index is 746. The molecule has 0 saturated carbocycles. The summed E-state index contributed by atoms with van der Waals surface area (Å²) in [6.07, 6.45) is 6.65. The Morgan fingerprint density at radius 3 is 2.39 bits per heavy atom. The number of benzene rings is 1. The molecule has 4 heteroatoms. The fourth-order valence-electron chi connectivity index (χ4n) is 2.75. The highest BCUT2D eigenvalue weighted by Gasteiger charge is 2.14. The van der Waals surface area contributed by atoms with Gasteiger partial charge in [-0.25, -0.2) is 13.2 Å². The van der Waals surface area contributed by atoms with Gasteiger partial charge in [0.25, 0.3) is 0 Å². The molecule has 0 aliphatic carbocycles. The molecule has 0 fully saturated rings. The maximum Gasteiger partial charge on any atom is 0.166 e. The summed E-state index contributed by atoms with van der Waals surface area (Å²) in [5.74, 6) is -1.67. The number of allylic oxidation sites excluding steroid dienone is 4. The van der Waals surface area contributed by atoms with Gasteiger partial charge < -0.3 is 4.74 Å². The molecule has 0 spiro atoms. The van der Waals surface area contributed by atoms with Gasteiger partial charge in [-0.15, -0.1) is 0 Å². The van der Waals surface area contributed by atoms with Gasteiger partial charge in [-0.2, -0.15) is 0 Å². The predicted octanol–water partition coefficient (Wildman–Crippen LogP) is 7.55. The molecule has 1 rings (SSSR count). The zero-order valence-corrected chi connectivity index (χ0v) is 17.3. The highest BCUT2D eigenvalue weighted by atomic mass is 19.2. The van der Waals surface area contributed by atoms with Crippen molar-refractivity contribution < 1.29 is 17.9 Å². The molecule has 0 saturated heterocycles. The lowest BCUT2D eigenvalue weighted by Gasteiger charge is -2.15. The van der Waals surface area contributed by atoms with Crippen molar-refractivity contribution in [3.8, 4) is 0 Å². The van der Waals surface area contributed by atoms with E-state index in [1.54, 1.807) is 25.1 Å². The molecule has 2 atom stereocenters. The van der Waals surface area contributed by atoms with Gasteiger partial charge in [-0.3, -0.25) is 0 Å². The second kappa shape index (κ2) is 11.6. The van der Waals surface area contributed by atoms with Crippen molar-refractivity contribution in [2.24, 2.45) is 11.8 Å². The van der Waals surface area contributed by atoms with Gasteiger partial charge in [-0.05, 0) is 49.2 Å². The number of ether oxygens (including phenoxy) is 1. The summed E-state index contributed by atoms with van der Waals surface area (Å²) in [5.41, 5.74) is 1.01.